The van der Waals surface area contributed by atoms with E-state index in [-0.39, 0.29) is 18.7 Å². The zero-order valence-electron chi connectivity index (χ0n) is 22.3. The van der Waals surface area contributed by atoms with Crippen LogP contribution in [0, 0.1) is 0 Å². The maximum atomic E-state index is 13.3. The Bertz CT molecular complexity index is 1330. The predicted octanol–water partition coefficient (Wildman–Crippen LogP) is 0.0943. The maximum Gasteiger partial charge on any atom is 0.338 e. The molecule has 3 rings (SSSR count). The second kappa shape index (κ2) is 12.4. The minimum absolute atomic E-state index is 0.105. The van der Waals surface area contributed by atoms with Crippen LogP contribution in [-0.4, -0.2) is 72.2 Å². The van der Waals surface area contributed by atoms with Crippen molar-refractivity contribution in [2.24, 2.45) is 7.05 Å². The quantitative estimate of drug-likeness (QED) is 0.316. The van der Waals surface area contributed by atoms with Crippen LogP contribution in [0.2, 0.25) is 0 Å². The number of imidazole rings is 1. The van der Waals surface area contributed by atoms with Gasteiger partial charge in [-0.1, -0.05) is 0 Å². The molecule has 0 radical (unpaired) electrons. The van der Waals surface area contributed by atoms with Gasteiger partial charge in [0.05, 0.1) is 59.4 Å². The Morgan fingerprint density at radius 1 is 1.00 bits per heavy atom. The van der Waals surface area contributed by atoms with Gasteiger partial charge in [-0.2, -0.15) is 0 Å². The van der Waals surface area contributed by atoms with Gasteiger partial charge in [-0.3, -0.25) is 13.9 Å². The number of quaternary nitrogens is 1. The molecular formula is C25H36N5O7+. The lowest BCUT2D eigenvalue weighted by Gasteiger charge is -2.15. The van der Waals surface area contributed by atoms with Gasteiger partial charge in [-0.15, -0.1) is 0 Å². The van der Waals surface area contributed by atoms with Gasteiger partial charge in [-0.05, 0) is 26.0 Å². The first kappa shape index (κ1) is 27.8. The highest BCUT2D eigenvalue weighted by molar-refractivity contribution is 5.91. The Labute approximate surface area is 214 Å². The molecule has 202 valence electrons. The Morgan fingerprint density at radius 2 is 1.65 bits per heavy atom. The molecule has 0 spiro atoms. The molecule has 0 atom stereocenters. The number of rotatable bonds is 13. The zero-order valence-corrected chi connectivity index (χ0v) is 22.3. The standard InChI is InChI=1S/C25H35N5O7/c1-7-28(8-2)10-9-11-29-16-26-22-20(29)23(31)30(25(33)27(22)3)12-13-37-24(32)17-14-18(34-4)21(36-6)19(15-17)35-5/h14-16H,7-13H2,1-6H3/p+1. The van der Waals surface area contributed by atoms with Crippen molar-refractivity contribution in [1.29, 1.82) is 0 Å². The van der Waals surface area contributed by atoms with E-state index in [1.165, 1.54) is 42.9 Å². The Balaban J connectivity index is 1.79. The van der Waals surface area contributed by atoms with Crippen LogP contribution in [0.15, 0.2) is 28.0 Å². The summed E-state index contributed by atoms with van der Waals surface area (Å²) in [4.78, 5) is 44.6. The second-order valence-corrected chi connectivity index (χ2v) is 8.52. The van der Waals surface area contributed by atoms with E-state index in [0.29, 0.717) is 35.0 Å². The van der Waals surface area contributed by atoms with Crippen molar-refractivity contribution in [1.82, 2.24) is 18.7 Å². The third-order valence-corrected chi connectivity index (χ3v) is 6.48. The van der Waals surface area contributed by atoms with Crippen LogP contribution >= 0.6 is 0 Å². The number of nitrogens with zero attached hydrogens (tertiary/aromatic N) is 4. The second-order valence-electron chi connectivity index (χ2n) is 8.52. The van der Waals surface area contributed by atoms with Gasteiger partial charge in [0.15, 0.2) is 22.7 Å². The highest BCUT2D eigenvalue weighted by Gasteiger charge is 2.20. The number of carbonyl (C=O) groups excluding carboxylic acids is 1. The average molecular weight is 519 g/mol. The van der Waals surface area contributed by atoms with Crippen molar-refractivity contribution in [3.8, 4) is 17.2 Å². The molecule has 0 aliphatic rings. The topological polar surface area (TPSA) is 120 Å². The Morgan fingerprint density at radius 3 is 2.22 bits per heavy atom. The van der Waals surface area contributed by atoms with Crippen molar-refractivity contribution >= 4 is 17.1 Å². The number of hydrogen-bond donors (Lipinski definition) is 1. The number of nitrogens with one attached hydrogen (secondary N) is 1. The number of hydrogen-bond acceptors (Lipinski definition) is 8. The number of aromatic nitrogens is 4. The zero-order chi connectivity index (χ0) is 27.1. The van der Waals surface area contributed by atoms with Gasteiger partial charge in [0.2, 0.25) is 5.75 Å². The molecule has 2 aromatic heterocycles. The van der Waals surface area contributed by atoms with Crippen LogP contribution in [-0.2, 0) is 24.9 Å². The largest absolute Gasteiger partial charge is 0.493 e. The third-order valence-electron chi connectivity index (χ3n) is 6.48. The monoisotopic (exact) mass is 518 g/mol. The van der Waals surface area contributed by atoms with Gasteiger partial charge >= 0.3 is 11.7 Å². The number of methoxy groups -OCH3 is 3. The maximum absolute atomic E-state index is 13.3. The van der Waals surface area contributed by atoms with E-state index in [0.717, 1.165) is 30.6 Å². The van der Waals surface area contributed by atoms with Gasteiger partial charge < -0.3 is 28.4 Å². The molecule has 1 aromatic carbocycles. The fourth-order valence-electron chi connectivity index (χ4n) is 4.30. The molecule has 0 saturated heterocycles. The first-order chi connectivity index (χ1) is 17.8. The number of fused-ring (bicyclic) bond motifs is 1. The molecule has 3 aromatic rings. The molecule has 12 nitrogen and oxygen atoms in total. The smallest absolute Gasteiger partial charge is 0.338 e. The van der Waals surface area contributed by atoms with E-state index < -0.39 is 17.2 Å². The molecular weight excluding hydrogens is 482 g/mol. The SMILES string of the molecule is CC[NH+](CC)CCCn1cnc2c1c(=O)n(CCOC(=O)c1cc(OC)c(OC)c(OC)c1)c(=O)n2C. The molecule has 0 amide bonds. The van der Waals surface area contributed by atoms with Crippen molar-refractivity contribution in [2.45, 2.75) is 33.4 Å². The Hall–Kier alpha value is -3.80. The molecule has 37 heavy (non-hydrogen) atoms. The van der Waals surface area contributed by atoms with E-state index in [9.17, 15) is 14.4 Å². The lowest BCUT2D eigenvalue weighted by atomic mass is 10.2. The van der Waals surface area contributed by atoms with Crippen molar-refractivity contribution in [2.75, 3.05) is 47.6 Å². The minimum atomic E-state index is -0.658. The normalized spacial score (nSPS) is 11.2. The fourth-order valence-corrected chi connectivity index (χ4v) is 4.30. The summed E-state index contributed by atoms with van der Waals surface area (Å²) in [5.74, 6) is 0.301. The molecule has 0 saturated carbocycles. The molecule has 0 aliphatic carbocycles. The van der Waals surface area contributed by atoms with Crippen LogP contribution in [0.4, 0.5) is 0 Å². The molecule has 2 heterocycles. The average Bonchev–Trinajstić information content (AvgIpc) is 3.34. The molecule has 0 aliphatic heterocycles. The van der Waals surface area contributed by atoms with E-state index >= 15 is 0 Å². The number of benzene rings is 1. The molecule has 0 bridgehead atoms. The number of esters is 1. The van der Waals surface area contributed by atoms with E-state index in [2.05, 4.69) is 18.8 Å². The van der Waals surface area contributed by atoms with Crippen molar-refractivity contribution < 1.29 is 28.6 Å². The summed E-state index contributed by atoms with van der Waals surface area (Å²) in [6.45, 7) is 7.67. The van der Waals surface area contributed by atoms with Crippen LogP contribution in [0.5, 0.6) is 17.2 Å². The lowest BCUT2D eigenvalue weighted by molar-refractivity contribution is -0.896. The minimum Gasteiger partial charge on any atom is -0.493 e. The number of carbonyl (C=O) groups is 1. The summed E-state index contributed by atoms with van der Waals surface area (Å²) < 4.78 is 25.4. The predicted molar refractivity (Wildman–Crippen MR) is 137 cm³/mol. The van der Waals surface area contributed by atoms with E-state index in [1.54, 1.807) is 17.9 Å². The summed E-state index contributed by atoms with van der Waals surface area (Å²) in [5.41, 5.74) is -0.129. The van der Waals surface area contributed by atoms with Crippen molar-refractivity contribution in [3.05, 3.63) is 44.9 Å². The fraction of sp³-hybridized carbons (Fsp3) is 0.520. The lowest BCUT2D eigenvalue weighted by Crippen LogP contribution is -3.11. The van der Waals surface area contributed by atoms with Crippen LogP contribution in [0.1, 0.15) is 30.6 Å². The number of aryl methyl sites for hydroxylation is 2. The number of ether oxygens (including phenoxy) is 4. The first-order valence-corrected chi connectivity index (χ1v) is 12.3. The van der Waals surface area contributed by atoms with Gasteiger partial charge in [0, 0.05) is 20.0 Å². The van der Waals surface area contributed by atoms with E-state index in [4.69, 9.17) is 18.9 Å². The molecule has 0 fully saturated rings. The van der Waals surface area contributed by atoms with Crippen LogP contribution < -0.4 is 30.4 Å². The van der Waals surface area contributed by atoms with Crippen LogP contribution in [0.25, 0.3) is 11.2 Å². The Kier molecular flexibility index (Phi) is 9.34. The summed E-state index contributed by atoms with van der Waals surface area (Å²) >= 11 is 0. The third kappa shape index (κ3) is 5.79. The summed E-state index contributed by atoms with van der Waals surface area (Å²) in [5, 5.41) is 0. The summed E-state index contributed by atoms with van der Waals surface area (Å²) in [7, 11) is 5.92. The molecule has 12 heteroatoms. The first-order valence-electron chi connectivity index (χ1n) is 12.3. The van der Waals surface area contributed by atoms with Gasteiger partial charge in [0.25, 0.3) is 5.56 Å². The van der Waals surface area contributed by atoms with Crippen molar-refractivity contribution in [3.63, 3.8) is 0 Å². The van der Waals surface area contributed by atoms with Gasteiger partial charge in [0.1, 0.15) is 6.61 Å². The molecule has 1 N–H and O–H groups in total. The van der Waals surface area contributed by atoms with Gasteiger partial charge in [-0.25, -0.2) is 14.6 Å². The highest BCUT2D eigenvalue weighted by atomic mass is 16.5. The van der Waals surface area contributed by atoms with E-state index in [1.807, 2.05) is 0 Å². The summed E-state index contributed by atoms with van der Waals surface area (Å²) in [6.07, 6.45) is 2.47. The van der Waals surface area contributed by atoms with Crippen LogP contribution in [0.3, 0.4) is 0 Å². The summed E-state index contributed by atoms with van der Waals surface area (Å²) in [6, 6.07) is 2.94. The highest BCUT2D eigenvalue weighted by Crippen LogP contribution is 2.38. The molecule has 0 unspecified atom stereocenters.